The molecule has 0 bridgehead atoms. The monoisotopic (exact) mass is 219 g/mol. The maximum Gasteiger partial charge on any atom is 0.126 e. The Morgan fingerprint density at radius 2 is 2.06 bits per heavy atom. The van der Waals surface area contributed by atoms with E-state index < -0.39 is 6.10 Å². The molecule has 16 heavy (non-hydrogen) atoms. The van der Waals surface area contributed by atoms with Crippen molar-refractivity contribution in [2.24, 2.45) is 7.05 Å². The van der Waals surface area contributed by atoms with Gasteiger partial charge in [0, 0.05) is 13.2 Å². The van der Waals surface area contributed by atoms with E-state index in [-0.39, 0.29) is 5.82 Å². The van der Waals surface area contributed by atoms with Gasteiger partial charge >= 0.3 is 0 Å². The lowest BCUT2D eigenvalue weighted by atomic mass is 10.0. The largest absolute Gasteiger partial charge is 0.382 e. The van der Waals surface area contributed by atoms with Crippen molar-refractivity contribution in [3.8, 4) is 0 Å². The van der Waals surface area contributed by atoms with E-state index in [4.69, 9.17) is 0 Å². The van der Waals surface area contributed by atoms with Gasteiger partial charge in [-0.15, -0.1) is 0 Å². The fraction of sp³-hybridized carbons (Fsp3) is 0.231. The maximum absolute atomic E-state index is 13.4. The molecule has 0 aliphatic rings. The average Bonchev–Trinajstić information content (AvgIpc) is 2.67. The van der Waals surface area contributed by atoms with Crippen molar-refractivity contribution in [3.63, 3.8) is 0 Å². The van der Waals surface area contributed by atoms with Crippen LogP contribution in [0.15, 0.2) is 36.5 Å². The Morgan fingerprint density at radius 3 is 2.62 bits per heavy atom. The van der Waals surface area contributed by atoms with Gasteiger partial charge in [0.2, 0.25) is 0 Å². The zero-order chi connectivity index (χ0) is 11.7. The molecule has 2 aromatic rings. The predicted molar refractivity (Wildman–Crippen MR) is 60.6 cm³/mol. The number of aliphatic hydroxyl groups excluding tert-OH is 1. The van der Waals surface area contributed by atoms with E-state index in [2.05, 4.69) is 0 Å². The van der Waals surface area contributed by atoms with Crippen molar-refractivity contribution in [1.29, 1.82) is 0 Å². The topological polar surface area (TPSA) is 25.2 Å². The number of aromatic nitrogens is 1. The third kappa shape index (κ3) is 1.86. The van der Waals surface area contributed by atoms with Gasteiger partial charge in [0.15, 0.2) is 0 Å². The maximum atomic E-state index is 13.4. The van der Waals surface area contributed by atoms with Crippen LogP contribution in [0.2, 0.25) is 0 Å². The number of benzene rings is 1. The van der Waals surface area contributed by atoms with Crippen LogP contribution in [0.5, 0.6) is 0 Å². The summed E-state index contributed by atoms with van der Waals surface area (Å²) in [6, 6.07) is 8.48. The van der Waals surface area contributed by atoms with E-state index in [1.165, 1.54) is 6.07 Å². The summed E-state index contributed by atoms with van der Waals surface area (Å²) >= 11 is 0. The summed E-state index contributed by atoms with van der Waals surface area (Å²) in [6.45, 7) is 1.70. The van der Waals surface area contributed by atoms with Gasteiger partial charge < -0.3 is 9.67 Å². The quantitative estimate of drug-likeness (QED) is 0.825. The molecular formula is C13H14FNO. The fourth-order valence-corrected chi connectivity index (χ4v) is 1.71. The molecule has 1 N–H and O–H groups in total. The number of aryl methyl sites for hydroxylation is 2. The highest BCUT2D eigenvalue weighted by molar-refractivity contribution is 5.30. The predicted octanol–water partition coefficient (Wildman–Crippen LogP) is 2.55. The van der Waals surface area contributed by atoms with Gasteiger partial charge in [0.25, 0.3) is 0 Å². The summed E-state index contributed by atoms with van der Waals surface area (Å²) in [5.41, 5.74) is 1.91. The first-order valence-electron chi connectivity index (χ1n) is 5.15. The molecule has 0 amide bonds. The van der Waals surface area contributed by atoms with Crippen LogP contribution in [-0.2, 0) is 7.05 Å². The fourth-order valence-electron chi connectivity index (χ4n) is 1.71. The van der Waals surface area contributed by atoms with Crippen LogP contribution in [0, 0.1) is 12.7 Å². The summed E-state index contributed by atoms with van der Waals surface area (Å²) in [4.78, 5) is 0. The van der Waals surface area contributed by atoms with Crippen molar-refractivity contribution in [3.05, 3.63) is 59.2 Å². The first-order valence-corrected chi connectivity index (χ1v) is 5.15. The minimum atomic E-state index is -0.782. The normalized spacial score (nSPS) is 12.8. The molecule has 1 atom stereocenters. The highest BCUT2D eigenvalue weighted by atomic mass is 19.1. The molecule has 0 aliphatic heterocycles. The van der Waals surface area contributed by atoms with Crippen LogP contribution >= 0.6 is 0 Å². The smallest absolute Gasteiger partial charge is 0.126 e. The SMILES string of the molecule is Cc1ccc(C(O)c2cccn2C)cc1F. The third-order valence-electron chi connectivity index (χ3n) is 2.78. The van der Waals surface area contributed by atoms with Gasteiger partial charge in [-0.25, -0.2) is 4.39 Å². The van der Waals surface area contributed by atoms with Gasteiger partial charge in [-0.1, -0.05) is 12.1 Å². The number of nitrogens with zero attached hydrogens (tertiary/aromatic N) is 1. The Balaban J connectivity index is 2.38. The van der Waals surface area contributed by atoms with E-state index in [9.17, 15) is 9.50 Å². The Kier molecular flexibility index (Phi) is 2.79. The lowest BCUT2D eigenvalue weighted by Gasteiger charge is -2.13. The van der Waals surface area contributed by atoms with Crippen LogP contribution in [0.4, 0.5) is 4.39 Å². The number of hydrogen-bond acceptors (Lipinski definition) is 1. The first kappa shape index (κ1) is 10.9. The summed E-state index contributed by atoms with van der Waals surface area (Å²) in [7, 11) is 1.85. The van der Waals surface area contributed by atoms with Crippen molar-refractivity contribution >= 4 is 0 Å². The van der Waals surface area contributed by atoms with Crippen molar-refractivity contribution in [2.75, 3.05) is 0 Å². The summed E-state index contributed by atoms with van der Waals surface area (Å²) in [5, 5.41) is 10.1. The third-order valence-corrected chi connectivity index (χ3v) is 2.78. The Hall–Kier alpha value is -1.61. The van der Waals surface area contributed by atoms with E-state index >= 15 is 0 Å². The second-order valence-electron chi connectivity index (χ2n) is 3.96. The van der Waals surface area contributed by atoms with Crippen LogP contribution in [0.3, 0.4) is 0 Å². The molecule has 0 saturated carbocycles. The highest BCUT2D eigenvalue weighted by Gasteiger charge is 2.14. The minimum Gasteiger partial charge on any atom is -0.382 e. The summed E-state index contributed by atoms with van der Waals surface area (Å²) < 4.78 is 15.2. The van der Waals surface area contributed by atoms with Crippen molar-refractivity contribution < 1.29 is 9.50 Å². The van der Waals surface area contributed by atoms with Gasteiger partial charge in [-0.2, -0.15) is 0 Å². The summed E-state index contributed by atoms with van der Waals surface area (Å²) in [5.74, 6) is -0.286. The minimum absolute atomic E-state index is 0.286. The van der Waals surface area contributed by atoms with E-state index in [1.54, 1.807) is 19.1 Å². The average molecular weight is 219 g/mol. The number of rotatable bonds is 2. The molecular weight excluding hydrogens is 205 g/mol. The molecule has 2 nitrogen and oxygen atoms in total. The highest BCUT2D eigenvalue weighted by Crippen LogP contribution is 2.23. The van der Waals surface area contributed by atoms with Crippen LogP contribution in [0.1, 0.15) is 22.9 Å². The second kappa shape index (κ2) is 4.10. The molecule has 0 aliphatic carbocycles. The van der Waals surface area contributed by atoms with Gasteiger partial charge in [-0.05, 0) is 36.2 Å². The molecule has 0 radical (unpaired) electrons. The van der Waals surface area contributed by atoms with Crippen LogP contribution in [-0.4, -0.2) is 9.67 Å². The number of halogens is 1. The molecule has 0 fully saturated rings. The first-order chi connectivity index (χ1) is 7.59. The Labute approximate surface area is 94.0 Å². The Bertz CT molecular complexity index is 504. The standard InChI is InChI=1S/C13H14FNO/c1-9-5-6-10(8-11(9)14)13(16)12-4-3-7-15(12)2/h3-8,13,16H,1-2H3. The van der Waals surface area contributed by atoms with E-state index in [1.807, 2.05) is 29.9 Å². The molecule has 2 rings (SSSR count). The molecule has 1 unspecified atom stereocenters. The molecule has 0 spiro atoms. The molecule has 1 aromatic carbocycles. The second-order valence-corrected chi connectivity index (χ2v) is 3.96. The van der Waals surface area contributed by atoms with Gasteiger partial charge in [0.05, 0.1) is 5.69 Å². The molecule has 0 saturated heterocycles. The zero-order valence-corrected chi connectivity index (χ0v) is 9.31. The van der Waals surface area contributed by atoms with Gasteiger partial charge in [-0.3, -0.25) is 0 Å². The van der Waals surface area contributed by atoms with Crippen molar-refractivity contribution in [1.82, 2.24) is 4.57 Å². The molecule has 3 heteroatoms. The van der Waals surface area contributed by atoms with E-state index in [0.717, 1.165) is 5.69 Å². The van der Waals surface area contributed by atoms with Crippen molar-refractivity contribution in [2.45, 2.75) is 13.0 Å². The zero-order valence-electron chi connectivity index (χ0n) is 9.31. The lowest BCUT2D eigenvalue weighted by Crippen LogP contribution is -2.05. The van der Waals surface area contributed by atoms with Crippen LogP contribution < -0.4 is 0 Å². The number of hydrogen-bond donors (Lipinski definition) is 1. The number of aliphatic hydroxyl groups is 1. The molecule has 84 valence electrons. The Morgan fingerprint density at radius 1 is 1.31 bits per heavy atom. The van der Waals surface area contributed by atoms with E-state index in [0.29, 0.717) is 11.1 Å². The van der Waals surface area contributed by atoms with Gasteiger partial charge in [0.1, 0.15) is 11.9 Å². The summed E-state index contributed by atoms with van der Waals surface area (Å²) in [6.07, 6.45) is 1.07. The van der Waals surface area contributed by atoms with Crippen LogP contribution in [0.25, 0.3) is 0 Å². The lowest BCUT2D eigenvalue weighted by molar-refractivity contribution is 0.211. The molecule has 1 heterocycles. The molecule has 1 aromatic heterocycles.